The number of nitrogens with zero attached hydrogens (tertiary/aromatic N) is 1. The lowest BCUT2D eigenvalue weighted by molar-refractivity contribution is 0.649. The number of hydrogen-bond acceptors (Lipinski definition) is 3. The maximum Gasteiger partial charge on any atom is 0.111 e. The molecule has 1 atom stereocenters. The first-order valence-electron chi connectivity index (χ1n) is 4.34. The topological polar surface area (TPSA) is 24.9 Å². The van der Waals surface area contributed by atoms with Gasteiger partial charge < -0.3 is 5.32 Å². The summed E-state index contributed by atoms with van der Waals surface area (Å²) >= 11 is 1.76. The van der Waals surface area contributed by atoms with Crippen molar-refractivity contribution in [1.29, 1.82) is 0 Å². The van der Waals surface area contributed by atoms with Gasteiger partial charge in [0.15, 0.2) is 0 Å². The Morgan fingerprint density at radius 1 is 1.36 bits per heavy atom. The van der Waals surface area contributed by atoms with Crippen molar-refractivity contribution in [2.45, 2.75) is 13.0 Å². The Hall–Kier alpha value is -0.640. The Labute approximate surface area is 93.8 Å². The van der Waals surface area contributed by atoms with E-state index in [1.807, 2.05) is 19.2 Å². The van der Waals surface area contributed by atoms with Gasteiger partial charge in [-0.3, -0.25) is 0 Å². The third-order valence-electron chi connectivity index (χ3n) is 2.11. The molecule has 4 heteroatoms. The highest BCUT2D eigenvalue weighted by atomic mass is 35.5. The molecule has 0 bridgehead atoms. The van der Waals surface area contributed by atoms with Crippen LogP contribution in [0.1, 0.15) is 18.0 Å². The van der Waals surface area contributed by atoms with E-state index in [0.717, 1.165) is 10.5 Å². The fourth-order valence-electron chi connectivity index (χ4n) is 1.20. The third-order valence-corrected chi connectivity index (χ3v) is 3.33. The van der Waals surface area contributed by atoms with Gasteiger partial charge in [-0.1, -0.05) is 12.1 Å². The number of thiazole rings is 1. The van der Waals surface area contributed by atoms with E-state index in [2.05, 4.69) is 29.4 Å². The number of nitrogens with one attached hydrogen (secondary N) is 1. The fraction of sp³-hybridized carbons (Fsp3) is 0.300. The molecule has 1 aromatic heterocycles. The zero-order valence-corrected chi connectivity index (χ0v) is 9.78. The van der Waals surface area contributed by atoms with Crippen LogP contribution in [0.4, 0.5) is 0 Å². The third kappa shape index (κ3) is 2.05. The van der Waals surface area contributed by atoms with Gasteiger partial charge in [0.1, 0.15) is 5.01 Å². The minimum absolute atomic E-state index is 0. The number of rotatable bonds is 2. The number of para-hydroxylation sites is 1. The molecule has 0 radical (unpaired) electrons. The first kappa shape index (κ1) is 11.4. The van der Waals surface area contributed by atoms with E-state index in [0.29, 0.717) is 6.04 Å². The number of aromatic nitrogens is 1. The van der Waals surface area contributed by atoms with Gasteiger partial charge >= 0.3 is 0 Å². The first-order valence-corrected chi connectivity index (χ1v) is 5.15. The van der Waals surface area contributed by atoms with Crippen LogP contribution in [0, 0.1) is 0 Å². The number of hydrogen-bond donors (Lipinski definition) is 1. The quantitative estimate of drug-likeness (QED) is 0.855. The number of fused-ring (bicyclic) bond motifs is 1. The summed E-state index contributed by atoms with van der Waals surface area (Å²) in [6.45, 7) is 2.12. The number of benzene rings is 1. The normalized spacial score (nSPS) is 12.4. The molecular formula is C10H13ClN2S. The molecule has 0 aliphatic heterocycles. The van der Waals surface area contributed by atoms with E-state index in [1.165, 1.54) is 4.70 Å². The molecule has 2 aromatic rings. The summed E-state index contributed by atoms with van der Waals surface area (Å²) in [5.41, 5.74) is 1.10. The standard InChI is InChI=1S/C10H12N2S.ClH/c1-7(11-2)10-12-8-5-3-4-6-9(8)13-10;/h3-7,11H,1-2H3;1H. The van der Waals surface area contributed by atoms with E-state index < -0.39 is 0 Å². The molecule has 76 valence electrons. The Kier molecular flexibility index (Phi) is 3.86. The second-order valence-corrected chi connectivity index (χ2v) is 4.09. The molecule has 0 fully saturated rings. The van der Waals surface area contributed by atoms with Crippen molar-refractivity contribution in [2.24, 2.45) is 0 Å². The van der Waals surface area contributed by atoms with Gasteiger partial charge in [0.25, 0.3) is 0 Å². The van der Waals surface area contributed by atoms with Crippen LogP contribution in [0.5, 0.6) is 0 Å². The molecule has 2 nitrogen and oxygen atoms in total. The zero-order valence-electron chi connectivity index (χ0n) is 8.15. The van der Waals surface area contributed by atoms with Gasteiger partial charge in [0.2, 0.25) is 0 Å². The molecule has 0 aliphatic rings. The molecule has 0 amide bonds. The summed E-state index contributed by atoms with van der Waals surface area (Å²) in [7, 11) is 1.96. The second-order valence-electron chi connectivity index (χ2n) is 3.03. The van der Waals surface area contributed by atoms with Crippen molar-refractivity contribution >= 4 is 34.0 Å². The molecule has 2 rings (SSSR count). The smallest absolute Gasteiger partial charge is 0.111 e. The van der Waals surface area contributed by atoms with Crippen molar-refractivity contribution in [3.63, 3.8) is 0 Å². The van der Waals surface area contributed by atoms with Crippen LogP contribution in [-0.2, 0) is 0 Å². The summed E-state index contributed by atoms with van der Waals surface area (Å²) in [5, 5.41) is 4.35. The molecule has 1 N–H and O–H groups in total. The van der Waals surface area contributed by atoms with Gasteiger partial charge in [0.05, 0.1) is 16.3 Å². The maximum atomic E-state index is 4.54. The first-order chi connectivity index (χ1) is 6.31. The van der Waals surface area contributed by atoms with Crippen molar-refractivity contribution in [3.8, 4) is 0 Å². The van der Waals surface area contributed by atoms with Gasteiger partial charge in [-0.05, 0) is 26.1 Å². The van der Waals surface area contributed by atoms with Gasteiger partial charge in [-0.25, -0.2) is 4.98 Å². The van der Waals surface area contributed by atoms with Crippen molar-refractivity contribution in [1.82, 2.24) is 10.3 Å². The van der Waals surface area contributed by atoms with Gasteiger partial charge in [0, 0.05) is 0 Å². The molecule has 1 heterocycles. The molecule has 1 aromatic carbocycles. The van der Waals surface area contributed by atoms with E-state index in [4.69, 9.17) is 0 Å². The Bertz CT molecular complexity index is 380. The highest BCUT2D eigenvalue weighted by Gasteiger charge is 2.08. The minimum atomic E-state index is 0. The minimum Gasteiger partial charge on any atom is -0.311 e. The largest absolute Gasteiger partial charge is 0.311 e. The summed E-state index contributed by atoms with van der Waals surface area (Å²) in [6, 6.07) is 8.58. The Balaban J connectivity index is 0.000000980. The van der Waals surface area contributed by atoms with Crippen LogP contribution in [0.2, 0.25) is 0 Å². The van der Waals surface area contributed by atoms with Crippen LogP contribution in [0.25, 0.3) is 10.2 Å². The Morgan fingerprint density at radius 2 is 2.07 bits per heavy atom. The lowest BCUT2D eigenvalue weighted by Crippen LogP contribution is -2.11. The van der Waals surface area contributed by atoms with E-state index in [-0.39, 0.29) is 12.4 Å². The van der Waals surface area contributed by atoms with Crippen molar-refractivity contribution in [3.05, 3.63) is 29.3 Å². The predicted octanol–water partition coefficient (Wildman–Crippen LogP) is 3.00. The predicted molar refractivity (Wildman–Crippen MR) is 64.3 cm³/mol. The highest BCUT2D eigenvalue weighted by Crippen LogP contribution is 2.25. The van der Waals surface area contributed by atoms with Crippen molar-refractivity contribution < 1.29 is 0 Å². The second kappa shape index (κ2) is 4.73. The zero-order chi connectivity index (χ0) is 9.26. The van der Waals surface area contributed by atoms with E-state index >= 15 is 0 Å². The molecule has 0 saturated heterocycles. The molecule has 0 spiro atoms. The summed E-state index contributed by atoms with van der Waals surface area (Å²) in [4.78, 5) is 4.54. The molecule has 14 heavy (non-hydrogen) atoms. The van der Waals surface area contributed by atoms with Crippen LogP contribution in [0.3, 0.4) is 0 Å². The number of halogens is 1. The fourth-order valence-corrected chi connectivity index (χ4v) is 2.23. The molecule has 0 saturated carbocycles. The molecule has 0 aliphatic carbocycles. The Morgan fingerprint density at radius 3 is 2.71 bits per heavy atom. The lowest BCUT2D eigenvalue weighted by Gasteiger charge is -2.03. The van der Waals surface area contributed by atoms with Crippen LogP contribution >= 0.6 is 23.7 Å². The average Bonchev–Trinajstić information content (AvgIpc) is 2.59. The van der Waals surface area contributed by atoms with Gasteiger partial charge in [-0.15, -0.1) is 23.7 Å². The monoisotopic (exact) mass is 228 g/mol. The van der Waals surface area contributed by atoms with Crippen LogP contribution in [0.15, 0.2) is 24.3 Å². The molecule has 1 unspecified atom stereocenters. The van der Waals surface area contributed by atoms with E-state index in [1.54, 1.807) is 11.3 Å². The van der Waals surface area contributed by atoms with Gasteiger partial charge in [-0.2, -0.15) is 0 Å². The van der Waals surface area contributed by atoms with E-state index in [9.17, 15) is 0 Å². The average molecular weight is 229 g/mol. The summed E-state index contributed by atoms with van der Waals surface area (Å²) < 4.78 is 1.26. The van der Waals surface area contributed by atoms with Crippen LogP contribution in [-0.4, -0.2) is 12.0 Å². The van der Waals surface area contributed by atoms with Crippen LogP contribution < -0.4 is 5.32 Å². The van der Waals surface area contributed by atoms with Crippen molar-refractivity contribution in [2.75, 3.05) is 7.05 Å². The summed E-state index contributed by atoms with van der Waals surface area (Å²) in [6.07, 6.45) is 0. The highest BCUT2D eigenvalue weighted by molar-refractivity contribution is 7.18. The molecular weight excluding hydrogens is 216 g/mol. The lowest BCUT2D eigenvalue weighted by atomic mass is 10.3. The maximum absolute atomic E-state index is 4.54. The summed E-state index contributed by atoms with van der Waals surface area (Å²) in [5.74, 6) is 0. The SMILES string of the molecule is CNC(C)c1nc2ccccc2s1.Cl.